The first-order valence-corrected chi connectivity index (χ1v) is 5.76. The van der Waals surface area contributed by atoms with Gasteiger partial charge in [-0.2, -0.15) is 0 Å². The number of methoxy groups -OCH3 is 1. The van der Waals surface area contributed by atoms with E-state index in [0.717, 1.165) is 12.8 Å². The SMILES string of the molecule is CCC(CC)NC(=O)c1cc(F)ccc1OC. The van der Waals surface area contributed by atoms with Crippen LogP contribution in [0.1, 0.15) is 37.0 Å². The van der Waals surface area contributed by atoms with Crippen LogP contribution in [-0.4, -0.2) is 19.1 Å². The maximum Gasteiger partial charge on any atom is 0.255 e. The Bertz CT molecular complexity index is 389. The van der Waals surface area contributed by atoms with E-state index in [9.17, 15) is 9.18 Å². The summed E-state index contributed by atoms with van der Waals surface area (Å²) in [5.41, 5.74) is 0.236. The minimum Gasteiger partial charge on any atom is -0.496 e. The second-order valence-electron chi connectivity index (χ2n) is 3.83. The zero-order valence-corrected chi connectivity index (χ0v) is 10.4. The zero-order valence-electron chi connectivity index (χ0n) is 10.4. The molecule has 1 aromatic rings. The summed E-state index contributed by atoms with van der Waals surface area (Å²) in [7, 11) is 1.46. The third-order valence-corrected chi connectivity index (χ3v) is 2.73. The highest BCUT2D eigenvalue weighted by atomic mass is 19.1. The fourth-order valence-corrected chi connectivity index (χ4v) is 1.61. The molecule has 3 nitrogen and oxygen atoms in total. The van der Waals surface area contributed by atoms with Crippen LogP contribution in [0.15, 0.2) is 18.2 Å². The van der Waals surface area contributed by atoms with Crippen molar-refractivity contribution in [2.45, 2.75) is 32.7 Å². The Morgan fingerprint density at radius 2 is 2.06 bits per heavy atom. The highest BCUT2D eigenvalue weighted by Crippen LogP contribution is 2.19. The molecule has 0 bridgehead atoms. The van der Waals surface area contributed by atoms with Gasteiger partial charge in [0.1, 0.15) is 11.6 Å². The maximum absolute atomic E-state index is 13.1. The Morgan fingerprint density at radius 1 is 1.41 bits per heavy atom. The van der Waals surface area contributed by atoms with E-state index in [1.54, 1.807) is 0 Å². The van der Waals surface area contributed by atoms with Crippen LogP contribution in [0.5, 0.6) is 5.75 Å². The number of amides is 1. The maximum atomic E-state index is 13.1. The number of nitrogens with one attached hydrogen (secondary N) is 1. The topological polar surface area (TPSA) is 38.3 Å². The molecule has 4 heteroatoms. The summed E-state index contributed by atoms with van der Waals surface area (Å²) in [6.07, 6.45) is 1.69. The van der Waals surface area contributed by atoms with Crippen LogP contribution < -0.4 is 10.1 Å². The van der Waals surface area contributed by atoms with Gasteiger partial charge in [-0.25, -0.2) is 4.39 Å². The Labute approximate surface area is 101 Å². The van der Waals surface area contributed by atoms with E-state index in [2.05, 4.69) is 5.32 Å². The van der Waals surface area contributed by atoms with E-state index in [1.807, 2.05) is 13.8 Å². The minimum atomic E-state index is -0.444. The Balaban J connectivity index is 2.90. The van der Waals surface area contributed by atoms with Crippen LogP contribution in [0, 0.1) is 5.82 Å². The second-order valence-corrected chi connectivity index (χ2v) is 3.83. The summed E-state index contributed by atoms with van der Waals surface area (Å²) in [5, 5.41) is 2.85. The molecule has 0 unspecified atom stereocenters. The van der Waals surface area contributed by atoms with Gasteiger partial charge < -0.3 is 10.1 Å². The normalized spacial score (nSPS) is 10.4. The van der Waals surface area contributed by atoms with Gasteiger partial charge in [-0.05, 0) is 31.0 Å². The van der Waals surface area contributed by atoms with Gasteiger partial charge in [0.25, 0.3) is 5.91 Å². The van der Waals surface area contributed by atoms with Crippen molar-refractivity contribution >= 4 is 5.91 Å². The van der Waals surface area contributed by atoms with Crippen molar-refractivity contribution in [1.82, 2.24) is 5.32 Å². The van der Waals surface area contributed by atoms with Crippen LogP contribution in [0.3, 0.4) is 0 Å². The van der Waals surface area contributed by atoms with E-state index >= 15 is 0 Å². The van der Waals surface area contributed by atoms with Gasteiger partial charge >= 0.3 is 0 Å². The van der Waals surface area contributed by atoms with Crippen molar-refractivity contribution in [3.8, 4) is 5.75 Å². The standard InChI is InChI=1S/C13H18FNO2/c1-4-10(5-2)15-13(16)11-8-9(14)6-7-12(11)17-3/h6-8,10H,4-5H2,1-3H3,(H,15,16). The first kappa shape index (κ1) is 13.5. The lowest BCUT2D eigenvalue weighted by Gasteiger charge is -2.16. The number of halogens is 1. The van der Waals surface area contributed by atoms with E-state index in [1.165, 1.54) is 25.3 Å². The molecular formula is C13H18FNO2. The van der Waals surface area contributed by atoms with Crippen LogP contribution in [0.25, 0.3) is 0 Å². The first-order valence-electron chi connectivity index (χ1n) is 5.76. The molecule has 1 amide bonds. The molecule has 0 saturated heterocycles. The highest BCUT2D eigenvalue weighted by Gasteiger charge is 2.15. The third-order valence-electron chi connectivity index (χ3n) is 2.73. The van der Waals surface area contributed by atoms with Crippen molar-refractivity contribution in [2.75, 3.05) is 7.11 Å². The first-order chi connectivity index (χ1) is 8.12. The second kappa shape index (κ2) is 6.23. The number of rotatable bonds is 5. The molecule has 1 aromatic carbocycles. The molecule has 0 heterocycles. The molecule has 0 spiro atoms. The molecule has 0 aromatic heterocycles. The van der Waals surface area contributed by atoms with Crippen molar-refractivity contribution in [2.24, 2.45) is 0 Å². The molecule has 94 valence electrons. The van der Waals surface area contributed by atoms with Gasteiger partial charge in [-0.3, -0.25) is 4.79 Å². The summed E-state index contributed by atoms with van der Waals surface area (Å²) < 4.78 is 18.2. The molecule has 1 rings (SSSR count). The Kier molecular flexibility index (Phi) is 4.94. The van der Waals surface area contributed by atoms with E-state index in [4.69, 9.17) is 4.74 Å². The number of carbonyl (C=O) groups excluding carboxylic acids is 1. The van der Waals surface area contributed by atoms with Crippen molar-refractivity contribution in [3.05, 3.63) is 29.6 Å². The fourth-order valence-electron chi connectivity index (χ4n) is 1.61. The van der Waals surface area contributed by atoms with Crippen LogP contribution in [0.4, 0.5) is 4.39 Å². The van der Waals surface area contributed by atoms with Gasteiger partial charge in [-0.1, -0.05) is 13.8 Å². The van der Waals surface area contributed by atoms with E-state index in [0.29, 0.717) is 5.75 Å². The summed E-state index contributed by atoms with van der Waals surface area (Å²) >= 11 is 0. The quantitative estimate of drug-likeness (QED) is 0.858. The monoisotopic (exact) mass is 239 g/mol. The number of hydrogen-bond donors (Lipinski definition) is 1. The average molecular weight is 239 g/mol. The van der Waals surface area contributed by atoms with E-state index < -0.39 is 5.82 Å². The molecule has 1 N–H and O–H groups in total. The Hall–Kier alpha value is -1.58. The molecule has 0 aliphatic carbocycles. The zero-order chi connectivity index (χ0) is 12.8. The predicted octanol–water partition coefficient (Wildman–Crippen LogP) is 2.75. The Morgan fingerprint density at radius 3 is 2.59 bits per heavy atom. The molecular weight excluding hydrogens is 221 g/mol. The lowest BCUT2D eigenvalue weighted by atomic mass is 10.1. The smallest absolute Gasteiger partial charge is 0.255 e. The van der Waals surface area contributed by atoms with E-state index in [-0.39, 0.29) is 17.5 Å². The molecule has 0 aliphatic rings. The number of ether oxygens (including phenoxy) is 1. The number of benzene rings is 1. The summed E-state index contributed by atoms with van der Waals surface area (Å²) in [4.78, 5) is 11.9. The van der Waals surface area contributed by atoms with Crippen LogP contribution >= 0.6 is 0 Å². The lowest BCUT2D eigenvalue weighted by molar-refractivity contribution is 0.0931. The van der Waals surface area contributed by atoms with Gasteiger partial charge in [0.2, 0.25) is 0 Å². The third kappa shape index (κ3) is 3.44. The number of carbonyl (C=O) groups is 1. The summed E-state index contributed by atoms with van der Waals surface area (Å²) in [6, 6.07) is 4.02. The average Bonchev–Trinajstić information content (AvgIpc) is 2.35. The largest absolute Gasteiger partial charge is 0.496 e. The lowest BCUT2D eigenvalue weighted by Crippen LogP contribution is -2.34. The van der Waals surface area contributed by atoms with Gasteiger partial charge in [0.05, 0.1) is 12.7 Å². The fraction of sp³-hybridized carbons (Fsp3) is 0.462. The molecule has 0 saturated carbocycles. The van der Waals surface area contributed by atoms with Gasteiger partial charge in [-0.15, -0.1) is 0 Å². The predicted molar refractivity (Wildman–Crippen MR) is 64.8 cm³/mol. The molecule has 0 atom stereocenters. The molecule has 0 aliphatic heterocycles. The summed E-state index contributed by atoms with van der Waals surface area (Å²) in [6.45, 7) is 3.99. The van der Waals surface area contributed by atoms with Crippen molar-refractivity contribution < 1.29 is 13.9 Å². The van der Waals surface area contributed by atoms with Crippen LogP contribution in [-0.2, 0) is 0 Å². The van der Waals surface area contributed by atoms with Crippen LogP contribution in [0.2, 0.25) is 0 Å². The highest BCUT2D eigenvalue weighted by molar-refractivity contribution is 5.97. The van der Waals surface area contributed by atoms with Gasteiger partial charge in [0, 0.05) is 6.04 Å². The molecule has 17 heavy (non-hydrogen) atoms. The molecule has 0 radical (unpaired) electrons. The van der Waals surface area contributed by atoms with Crippen molar-refractivity contribution in [3.63, 3.8) is 0 Å². The van der Waals surface area contributed by atoms with Gasteiger partial charge in [0.15, 0.2) is 0 Å². The molecule has 0 fully saturated rings. The summed E-state index contributed by atoms with van der Waals surface area (Å²) in [5.74, 6) is -0.356. The minimum absolute atomic E-state index is 0.107. The van der Waals surface area contributed by atoms with Crippen molar-refractivity contribution in [1.29, 1.82) is 0 Å². The number of hydrogen-bond acceptors (Lipinski definition) is 2.